The molecule has 29 heavy (non-hydrogen) atoms. The fourth-order valence-corrected chi connectivity index (χ4v) is 4.12. The van der Waals surface area contributed by atoms with E-state index in [1.54, 1.807) is 0 Å². The minimum Gasteiger partial charge on any atom is -0.481 e. The molecule has 0 aliphatic rings. The molecule has 0 unspecified atom stereocenters. The van der Waals surface area contributed by atoms with Crippen molar-refractivity contribution in [1.82, 2.24) is 0 Å². The number of alkyl halides is 3. The molecule has 2 aromatic rings. The Balaban J connectivity index is 2.66. The van der Waals surface area contributed by atoms with Gasteiger partial charge in [-0.25, -0.2) is 8.42 Å². The van der Waals surface area contributed by atoms with Crippen molar-refractivity contribution in [1.29, 1.82) is 0 Å². The summed E-state index contributed by atoms with van der Waals surface area (Å²) in [5, 5.41) is 19.4. The number of rotatable bonds is 7. The first-order chi connectivity index (χ1) is 13.3. The summed E-state index contributed by atoms with van der Waals surface area (Å²) in [7, 11) is -4.68. The van der Waals surface area contributed by atoms with Crippen LogP contribution in [0.2, 0.25) is 5.02 Å². The van der Waals surface area contributed by atoms with Crippen LogP contribution >= 0.6 is 11.6 Å². The lowest BCUT2D eigenvalue weighted by atomic mass is 10.2. The molecule has 13 heteroatoms. The van der Waals surface area contributed by atoms with Crippen LogP contribution in [0.25, 0.3) is 0 Å². The second-order valence-electron chi connectivity index (χ2n) is 5.64. The summed E-state index contributed by atoms with van der Waals surface area (Å²) >= 11 is 5.90. The highest BCUT2D eigenvalue weighted by Gasteiger charge is 2.34. The molecule has 1 N–H and O–H groups in total. The van der Waals surface area contributed by atoms with E-state index in [0.717, 1.165) is 24.3 Å². The molecule has 0 heterocycles. The second-order valence-corrected chi connectivity index (χ2v) is 7.91. The second kappa shape index (κ2) is 8.25. The van der Waals surface area contributed by atoms with E-state index in [0.29, 0.717) is 22.5 Å². The van der Waals surface area contributed by atoms with Crippen molar-refractivity contribution in [2.45, 2.75) is 17.5 Å². The number of nitro benzene ring substituents is 1. The van der Waals surface area contributed by atoms with Crippen LogP contribution in [0.15, 0.2) is 47.4 Å². The van der Waals surface area contributed by atoms with Crippen LogP contribution in [-0.2, 0) is 21.0 Å². The van der Waals surface area contributed by atoms with Gasteiger partial charge in [-0.05, 0) is 24.3 Å². The van der Waals surface area contributed by atoms with Gasteiger partial charge in [0.05, 0.1) is 32.5 Å². The van der Waals surface area contributed by atoms with Gasteiger partial charge in [-0.3, -0.25) is 19.2 Å². The molecular weight excluding hydrogens is 441 g/mol. The van der Waals surface area contributed by atoms with E-state index >= 15 is 0 Å². The summed E-state index contributed by atoms with van der Waals surface area (Å²) in [6.45, 7) is -0.749. The SMILES string of the molecule is O=C(O)CCN(c1cc(C(F)(F)F)ccc1Cl)S(=O)(=O)c1cccc([N+](=O)[O-])c1. The standard InChI is InChI=1S/C16H12ClF3N2O6S/c17-13-5-4-10(16(18,19)20)8-14(13)21(7-6-15(23)24)29(27,28)12-3-1-2-11(9-12)22(25)26/h1-5,8-9H,6-7H2,(H,23,24). The molecule has 0 spiro atoms. The highest BCUT2D eigenvalue weighted by Crippen LogP contribution is 2.37. The number of sulfonamides is 1. The van der Waals surface area contributed by atoms with Crippen molar-refractivity contribution in [2.75, 3.05) is 10.8 Å². The van der Waals surface area contributed by atoms with Crippen LogP contribution in [0, 0.1) is 10.1 Å². The van der Waals surface area contributed by atoms with Gasteiger partial charge >= 0.3 is 12.1 Å². The van der Waals surface area contributed by atoms with E-state index in [4.69, 9.17) is 16.7 Å². The Morgan fingerprint density at radius 3 is 2.41 bits per heavy atom. The van der Waals surface area contributed by atoms with E-state index in [1.807, 2.05) is 0 Å². The molecule has 0 amide bonds. The largest absolute Gasteiger partial charge is 0.481 e. The van der Waals surface area contributed by atoms with Gasteiger partial charge in [0.2, 0.25) is 0 Å². The Labute approximate surface area is 167 Å². The Hall–Kier alpha value is -2.86. The minimum atomic E-state index is -4.81. The van der Waals surface area contributed by atoms with Gasteiger partial charge in [-0.15, -0.1) is 0 Å². The third kappa shape index (κ3) is 5.15. The normalized spacial score (nSPS) is 11.9. The molecule has 0 saturated heterocycles. The number of nitro groups is 1. The summed E-state index contributed by atoms with van der Waals surface area (Å²) in [6.07, 6.45) is -5.56. The summed E-state index contributed by atoms with van der Waals surface area (Å²) in [5.74, 6) is -1.41. The maximum atomic E-state index is 13.1. The monoisotopic (exact) mass is 452 g/mol. The van der Waals surface area contributed by atoms with Crippen molar-refractivity contribution in [3.05, 3.63) is 63.2 Å². The fourth-order valence-electron chi connectivity index (χ4n) is 2.33. The lowest BCUT2D eigenvalue weighted by Gasteiger charge is -2.25. The predicted molar refractivity (Wildman–Crippen MR) is 96.3 cm³/mol. The van der Waals surface area contributed by atoms with Gasteiger partial charge in [0.1, 0.15) is 0 Å². The van der Waals surface area contributed by atoms with Crippen molar-refractivity contribution < 1.29 is 36.4 Å². The molecular formula is C16H12ClF3N2O6S. The van der Waals surface area contributed by atoms with Crippen LogP contribution in [-0.4, -0.2) is 31.0 Å². The van der Waals surface area contributed by atoms with E-state index in [-0.39, 0.29) is 5.02 Å². The van der Waals surface area contributed by atoms with Gasteiger partial charge in [0.15, 0.2) is 0 Å². The molecule has 8 nitrogen and oxygen atoms in total. The number of carboxylic acids is 1. The maximum absolute atomic E-state index is 13.1. The molecule has 0 saturated carbocycles. The summed E-state index contributed by atoms with van der Waals surface area (Å²) in [6, 6.07) is 5.75. The fraction of sp³-hybridized carbons (Fsp3) is 0.188. The third-order valence-corrected chi connectivity index (χ3v) is 5.82. The Bertz CT molecular complexity index is 1060. The number of aliphatic carboxylic acids is 1. The minimum absolute atomic E-state index is 0.377. The number of non-ortho nitro benzene ring substituents is 1. The zero-order chi connectivity index (χ0) is 22.0. The number of halogens is 4. The molecule has 0 atom stereocenters. The molecule has 156 valence electrons. The number of hydrogen-bond acceptors (Lipinski definition) is 5. The molecule has 0 aromatic heterocycles. The smallest absolute Gasteiger partial charge is 0.416 e. The lowest BCUT2D eigenvalue weighted by Crippen LogP contribution is -2.33. The number of nitrogens with zero attached hydrogens (tertiary/aromatic N) is 2. The van der Waals surface area contributed by atoms with Crippen molar-refractivity contribution >= 4 is 39.0 Å². The first kappa shape index (κ1) is 22.4. The first-order valence-electron chi connectivity index (χ1n) is 7.70. The van der Waals surface area contributed by atoms with E-state index in [2.05, 4.69) is 0 Å². The van der Waals surface area contributed by atoms with Crippen LogP contribution in [0.5, 0.6) is 0 Å². The van der Waals surface area contributed by atoms with E-state index in [9.17, 15) is 36.5 Å². The average Bonchev–Trinajstić information content (AvgIpc) is 2.62. The van der Waals surface area contributed by atoms with Crippen LogP contribution in [0.3, 0.4) is 0 Å². The topological polar surface area (TPSA) is 118 Å². The van der Waals surface area contributed by atoms with Gasteiger partial charge in [0.25, 0.3) is 15.7 Å². The summed E-state index contributed by atoms with van der Waals surface area (Å²) in [5.41, 5.74) is -2.37. The number of carboxylic acid groups (broad SMARTS) is 1. The zero-order valence-electron chi connectivity index (χ0n) is 14.3. The molecule has 0 fully saturated rings. The van der Waals surface area contributed by atoms with E-state index < -0.39 is 61.9 Å². The summed E-state index contributed by atoms with van der Waals surface area (Å²) < 4.78 is 65.6. The van der Waals surface area contributed by atoms with Gasteiger partial charge in [-0.1, -0.05) is 17.7 Å². The number of benzene rings is 2. The number of hydrogen-bond donors (Lipinski definition) is 1. The van der Waals surface area contributed by atoms with Crippen molar-refractivity contribution in [2.24, 2.45) is 0 Å². The quantitative estimate of drug-likeness (QED) is 0.502. The van der Waals surface area contributed by atoms with Gasteiger partial charge in [-0.2, -0.15) is 13.2 Å². The third-order valence-electron chi connectivity index (χ3n) is 3.69. The summed E-state index contributed by atoms with van der Waals surface area (Å²) in [4.78, 5) is 20.4. The van der Waals surface area contributed by atoms with Gasteiger partial charge < -0.3 is 5.11 Å². The number of anilines is 1. The zero-order valence-corrected chi connectivity index (χ0v) is 15.8. The highest BCUT2D eigenvalue weighted by molar-refractivity contribution is 7.92. The highest BCUT2D eigenvalue weighted by atomic mass is 35.5. The van der Waals surface area contributed by atoms with Crippen molar-refractivity contribution in [3.8, 4) is 0 Å². The van der Waals surface area contributed by atoms with Crippen LogP contribution in [0.1, 0.15) is 12.0 Å². The molecule has 0 aliphatic carbocycles. The van der Waals surface area contributed by atoms with E-state index in [1.165, 1.54) is 0 Å². The predicted octanol–water partition coefficient (Wildman–Crippen LogP) is 3.94. The van der Waals surface area contributed by atoms with Crippen molar-refractivity contribution in [3.63, 3.8) is 0 Å². The molecule has 2 aromatic carbocycles. The molecule has 0 bridgehead atoms. The Morgan fingerprint density at radius 2 is 1.86 bits per heavy atom. The van der Waals surface area contributed by atoms with Gasteiger partial charge in [0, 0.05) is 18.7 Å². The maximum Gasteiger partial charge on any atom is 0.416 e. The van der Waals surface area contributed by atoms with Crippen LogP contribution < -0.4 is 4.31 Å². The van der Waals surface area contributed by atoms with Crippen LogP contribution in [0.4, 0.5) is 24.5 Å². The molecule has 2 rings (SSSR count). The molecule has 0 aliphatic heterocycles. The average molecular weight is 453 g/mol. The lowest BCUT2D eigenvalue weighted by molar-refractivity contribution is -0.385. The molecule has 0 radical (unpaired) electrons. The number of carbonyl (C=O) groups is 1. The Morgan fingerprint density at radius 1 is 1.21 bits per heavy atom. The Kier molecular flexibility index (Phi) is 6.38. The first-order valence-corrected chi connectivity index (χ1v) is 9.51.